The molecule has 0 unspecified atom stereocenters. The molecule has 3 heterocycles. The molecule has 0 radical (unpaired) electrons. The second-order valence-corrected chi connectivity index (χ2v) is 6.42. The summed E-state index contributed by atoms with van der Waals surface area (Å²) in [5.74, 6) is 0.0417. The number of aromatic nitrogens is 2. The van der Waals surface area contributed by atoms with Gasteiger partial charge in [-0.3, -0.25) is 9.59 Å². The molecule has 0 saturated carbocycles. The van der Waals surface area contributed by atoms with E-state index in [1.807, 2.05) is 22.4 Å². The van der Waals surface area contributed by atoms with Gasteiger partial charge in [0.15, 0.2) is 0 Å². The highest BCUT2D eigenvalue weighted by atomic mass is 32.1. The SMILES string of the molecule is Cc1nonc1CC(=O)N1CCCN(C(=O)c2cccs2)CC1. The van der Waals surface area contributed by atoms with Gasteiger partial charge in [0.05, 0.1) is 11.3 Å². The summed E-state index contributed by atoms with van der Waals surface area (Å²) in [6, 6.07) is 3.71. The van der Waals surface area contributed by atoms with E-state index in [9.17, 15) is 9.59 Å². The molecule has 7 nitrogen and oxygen atoms in total. The Kier molecular flexibility index (Phi) is 4.71. The lowest BCUT2D eigenvalue weighted by atomic mass is 10.2. The molecule has 3 rings (SSSR count). The predicted molar refractivity (Wildman–Crippen MR) is 84.2 cm³/mol. The molecule has 2 aromatic heterocycles. The monoisotopic (exact) mass is 334 g/mol. The fraction of sp³-hybridized carbons (Fsp3) is 0.467. The summed E-state index contributed by atoms with van der Waals surface area (Å²) in [7, 11) is 0. The number of thiophene rings is 1. The van der Waals surface area contributed by atoms with Crippen LogP contribution in [0, 0.1) is 6.92 Å². The first kappa shape index (κ1) is 15.7. The lowest BCUT2D eigenvalue weighted by Crippen LogP contribution is -2.37. The van der Waals surface area contributed by atoms with Gasteiger partial charge in [0.25, 0.3) is 5.91 Å². The normalized spacial score (nSPS) is 15.5. The summed E-state index contributed by atoms with van der Waals surface area (Å²) in [6.45, 7) is 4.18. The Labute approximate surface area is 137 Å². The Balaban J connectivity index is 1.59. The van der Waals surface area contributed by atoms with Crippen molar-refractivity contribution in [2.24, 2.45) is 0 Å². The lowest BCUT2D eigenvalue weighted by molar-refractivity contribution is -0.130. The summed E-state index contributed by atoms with van der Waals surface area (Å²) < 4.78 is 4.63. The third-order valence-corrected chi connectivity index (χ3v) is 4.79. The van der Waals surface area contributed by atoms with E-state index in [0.29, 0.717) is 37.6 Å². The van der Waals surface area contributed by atoms with Crippen molar-refractivity contribution in [1.29, 1.82) is 0 Å². The largest absolute Gasteiger partial charge is 0.341 e. The van der Waals surface area contributed by atoms with Gasteiger partial charge >= 0.3 is 0 Å². The van der Waals surface area contributed by atoms with Crippen molar-refractivity contribution < 1.29 is 14.2 Å². The maximum absolute atomic E-state index is 12.4. The third kappa shape index (κ3) is 3.58. The van der Waals surface area contributed by atoms with Crippen molar-refractivity contribution in [3.05, 3.63) is 33.8 Å². The van der Waals surface area contributed by atoms with E-state index < -0.39 is 0 Å². The fourth-order valence-corrected chi connectivity index (χ4v) is 3.28. The van der Waals surface area contributed by atoms with Crippen LogP contribution in [0.2, 0.25) is 0 Å². The number of carbonyl (C=O) groups is 2. The van der Waals surface area contributed by atoms with Crippen LogP contribution in [0.4, 0.5) is 0 Å². The molecular weight excluding hydrogens is 316 g/mol. The highest BCUT2D eigenvalue weighted by molar-refractivity contribution is 7.12. The minimum Gasteiger partial charge on any atom is -0.341 e. The number of rotatable bonds is 3. The van der Waals surface area contributed by atoms with Gasteiger partial charge in [-0.05, 0) is 24.8 Å². The van der Waals surface area contributed by atoms with Crippen LogP contribution < -0.4 is 0 Å². The van der Waals surface area contributed by atoms with Crippen molar-refractivity contribution in [3.8, 4) is 0 Å². The van der Waals surface area contributed by atoms with Gasteiger partial charge in [-0.2, -0.15) is 0 Å². The van der Waals surface area contributed by atoms with Crippen LogP contribution >= 0.6 is 11.3 Å². The minimum atomic E-state index is -0.00535. The van der Waals surface area contributed by atoms with Gasteiger partial charge in [-0.15, -0.1) is 11.3 Å². The number of nitrogens with zero attached hydrogens (tertiary/aromatic N) is 4. The van der Waals surface area contributed by atoms with Crippen molar-refractivity contribution >= 4 is 23.2 Å². The van der Waals surface area contributed by atoms with Crippen LogP contribution in [0.15, 0.2) is 22.1 Å². The minimum absolute atomic E-state index is 0.00535. The molecule has 1 saturated heterocycles. The molecule has 0 N–H and O–H groups in total. The molecule has 1 fully saturated rings. The topological polar surface area (TPSA) is 79.5 Å². The second-order valence-electron chi connectivity index (χ2n) is 5.48. The van der Waals surface area contributed by atoms with E-state index >= 15 is 0 Å². The second kappa shape index (κ2) is 6.91. The van der Waals surface area contributed by atoms with Gasteiger partial charge in [0, 0.05) is 26.2 Å². The van der Waals surface area contributed by atoms with Crippen LogP contribution in [0.25, 0.3) is 0 Å². The molecule has 0 spiro atoms. The third-order valence-electron chi connectivity index (χ3n) is 3.93. The zero-order valence-corrected chi connectivity index (χ0v) is 13.7. The van der Waals surface area contributed by atoms with Crippen molar-refractivity contribution in [1.82, 2.24) is 20.1 Å². The molecule has 0 bridgehead atoms. The maximum atomic E-state index is 12.4. The zero-order chi connectivity index (χ0) is 16.2. The van der Waals surface area contributed by atoms with E-state index in [-0.39, 0.29) is 18.2 Å². The van der Waals surface area contributed by atoms with Gasteiger partial charge < -0.3 is 9.80 Å². The smallest absolute Gasteiger partial charge is 0.263 e. The average molecular weight is 334 g/mol. The van der Waals surface area contributed by atoms with Gasteiger partial charge in [0.1, 0.15) is 11.4 Å². The lowest BCUT2D eigenvalue weighted by Gasteiger charge is -2.21. The van der Waals surface area contributed by atoms with Crippen molar-refractivity contribution in [3.63, 3.8) is 0 Å². The number of aryl methyl sites for hydroxylation is 1. The van der Waals surface area contributed by atoms with E-state index in [4.69, 9.17) is 0 Å². The molecule has 2 aromatic rings. The molecule has 0 atom stereocenters. The molecule has 122 valence electrons. The Morgan fingerprint density at radius 1 is 1.22 bits per heavy atom. The summed E-state index contributed by atoms with van der Waals surface area (Å²) >= 11 is 1.45. The number of hydrogen-bond acceptors (Lipinski definition) is 6. The van der Waals surface area contributed by atoms with Gasteiger partial charge in [0.2, 0.25) is 5.91 Å². The first-order valence-corrected chi connectivity index (χ1v) is 8.41. The summed E-state index contributed by atoms with van der Waals surface area (Å²) in [5, 5.41) is 9.34. The van der Waals surface area contributed by atoms with Crippen LogP contribution in [-0.2, 0) is 11.2 Å². The summed E-state index contributed by atoms with van der Waals surface area (Å²) in [6.07, 6.45) is 0.965. The Morgan fingerprint density at radius 3 is 2.70 bits per heavy atom. The Bertz CT molecular complexity index is 683. The first-order valence-electron chi connectivity index (χ1n) is 7.54. The van der Waals surface area contributed by atoms with E-state index in [1.165, 1.54) is 11.3 Å². The first-order chi connectivity index (χ1) is 11.1. The summed E-state index contributed by atoms with van der Waals surface area (Å²) in [4.78, 5) is 29.1. The van der Waals surface area contributed by atoms with Crippen LogP contribution in [0.3, 0.4) is 0 Å². The number of hydrogen-bond donors (Lipinski definition) is 0. The highest BCUT2D eigenvalue weighted by Crippen LogP contribution is 2.14. The van der Waals surface area contributed by atoms with E-state index in [0.717, 1.165) is 11.3 Å². The van der Waals surface area contributed by atoms with E-state index in [2.05, 4.69) is 14.9 Å². The van der Waals surface area contributed by atoms with Gasteiger partial charge in [-0.25, -0.2) is 4.63 Å². The standard InChI is InChI=1S/C15H18N4O3S/c1-11-12(17-22-16-11)10-14(20)18-5-3-6-19(8-7-18)15(21)13-4-2-9-23-13/h2,4,9H,3,5-8,10H2,1H3. The highest BCUT2D eigenvalue weighted by Gasteiger charge is 2.24. The van der Waals surface area contributed by atoms with E-state index in [1.54, 1.807) is 11.8 Å². The van der Waals surface area contributed by atoms with Crippen LogP contribution in [0.1, 0.15) is 27.5 Å². The average Bonchev–Trinajstić information content (AvgIpc) is 3.14. The molecule has 1 aliphatic heterocycles. The Hall–Kier alpha value is -2.22. The molecule has 0 aliphatic carbocycles. The molecule has 0 aromatic carbocycles. The van der Waals surface area contributed by atoms with Crippen LogP contribution in [-0.4, -0.2) is 58.1 Å². The summed E-state index contributed by atoms with van der Waals surface area (Å²) in [5.41, 5.74) is 1.22. The van der Waals surface area contributed by atoms with Crippen molar-refractivity contribution in [2.45, 2.75) is 19.8 Å². The molecule has 23 heavy (non-hydrogen) atoms. The molecular formula is C15H18N4O3S. The van der Waals surface area contributed by atoms with Crippen LogP contribution in [0.5, 0.6) is 0 Å². The molecule has 2 amide bonds. The zero-order valence-electron chi connectivity index (χ0n) is 12.9. The predicted octanol–water partition coefficient (Wildman–Crippen LogP) is 1.36. The Morgan fingerprint density at radius 2 is 2.00 bits per heavy atom. The molecule has 8 heteroatoms. The quantitative estimate of drug-likeness (QED) is 0.847. The number of amides is 2. The molecule has 1 aliphatic rings. The number of carbonyl (C=O) groups excluding carboxylic acids is 2. The maximum Gasteiger partial charge on any atom is 0.263 e. The van der Waals surface area contributed by atoms with Crippen molar-refractivity contribution in [2.75, 3.05) is 26.2 Å². The van der Waals surface area contributed by atoms with Gasteiger partial charge in [-0.1, -0.05) is 16.4 Å². The fourth-order valence-electron chi connectivity index (χ4n) is 2.59.